The lowest BCUT2D eigenvalue weighted by Gasteiger charge is -2.35. The van der Waals surface area contributed by atoms with E-state index in [9.17, 15) is 0 Å². The van der Waals surface area contributed by atoms with Crippen molar-refractivity contribution >= 4 is 5.84 Å². The molecule has 19 heavy (non-hydrogen) atoms. The van der Waals surface area contributed by atoms with E-state index in [2.05, 4.69) is 23.9 Å². The molecular weight excluding hydrogens is 242 g/mol. The van der Waals surface area contributed by atoms with Crippen LogP contribution >= 0.6 is 0 Å². The molecule has 1 saturated heterocycles. The zero-order chi connectivity index (χ0) is 13.8. The van der Waals surface area contributed by atoms with Crippen LogP contribution in [0.3, 0.4) is 0 Å². The largest absolute Gasteiger partial charge is 0.409 e. The maximum atomic E-state index is 8.83. The van der Waals surface area contributed by atoms with E-state index in [1.165, 1.54) is 0 Å². The lowest BCUT2D eigenvalue weighted by atomic mass is 10.1. The number of nitrogens with zero attached hydrogens (tertiary/aromatic N) is 2. The van der Waals surface area contributed by atoms with E-state index in [1.807, 2.05) is 24.3 Å². The van der Waals surface area contributed by atoms with E-state index in [4.69, 9.17) is 15.7 Å². The Labute approximate surface area is 113 Å². The molecule has 1 aliphatic heterocycles. The topological polar surface area (TPSA) is 71.1 Å². The van der Waals surface area contributed by atoms with Crippen LogP contribution in [-0.2, 0) is 11.3 Å². The number of hydrogen-bond acceptors (Lipinski definition) is 4. The van der Waals surface area contributed by atoms with Crippen molar-refractivity contribution in [3.8, 4) is 0 Å². The van der Waals surface area contributed by atoms with Gasteiger partial charge in [-0.05, 0) is 19.4 Å². The van der Waals surface area contributed by atoms with E-state index in [0.717, 1.165) is 30.8 Å². The van der Waals surface area contributed by atoms with Crippen molar-refractivity contribution in [2.75, 3.05) is 13.1 Å². The number of amidine groups is 1. The van der Waals surface area contributed by atoms with Gasteiger partial charge in [-0.25, -0.2) is 0 Å². The van der Waals surface area contributed by atoms with Gasteiger partial charge in [0, 0.05) is 25.2 Å². The van der Waals surface area contributed by atoms with Crippen molar-refractivity contribution in [3.63, 3.8) is 0 Å². The van der Waals surface area contributed by atoms with Crippen LogP contribution in [0.4, 0.5) is 0 Å². The molecular formula is C14H21N3O2. The van der Waals surface area contributed by atoms with Gasteiger partial charge in [0.2, 0.25) is 0 Å². The summed E-state index contributed by atoms with van der Waals surface area (Å²) in [6.07, 6.45) is 0.472. The highest BCUT2D eigenvalue weighted by atomic mass is 16.5. The predicted molar refractivity (Wildman–Crippen MR) is 74.2 cm³/mol. The third kappa shape index (κ3) is 3.45. The van der Waals surface area contributed by atoms with Gasteiger partial charge in [0.05, 0.1) is 12.2 Å². The minimum atomic E-state index is 0.157. The minimum absolute atomic E-state index is 0.157. The molecule has 2 unspecified atom stereocenters. The Morgan fingerprint density at radius 1 is 1.37 bits per heavy atom. The van der Waals surface area contributed by atoms with Gasteiger partial charge < -0.3 is 15.7 Å². The fraction of sp³-hybridized carbons (Fsp3) is 0.500. The average molecular weight is 263 g/mol. The molecule has 0 radical (unpaired) electrons. The summed E-state index contributed by atoms with van der Waals surface area (Å²) >= 11 is 0. The van der Waals surface area contributed by atoms with Gasteiger partial charge in [-0.1, -0.05) is 29.4 Å². The molecule has 0 aliphatic carbocycles. The second-order valence-corrected chi connectivity index (χ2v) is 5.09. The third-order valence-corrected chi connectivity index (χ3v) is 3.29. The van der Waals surface area contributed by atoms with Crippen LogP contribution < -0.4 is 5.73 Å². The second-order valence-electron chi connectivity index (χ2n) is 5.09. The van der Waals surface area contributed by atoms with Crippen molar-refractivity contribution in [1.29, 1.82) is 0 Å². The van der Waals surface area contributed by atoms with E-state index in [0.29, 0.717) is 0 Å². The number of nitrogens with two attached hydrogens (primary N) is 1. The molecule has 0 amide bonds. The molecule has 0 aromatic heterocycles. The van der Waals surface area contributed by atoms with Crippen LogP contribution in [0.1, 0.15) is 25.0 Å². The van der Waals surface area contributed by atoms with Gasteiger partial charge >= 0.3 is 0 Å². The highest BCUT2D eigenvalue weighted by Gasteiger charge is 2.22. The predicted octanol–water partition coefficient (Wildman–Crippen LogP) is 1.39. The number of oxime groups is 1. The highest BCUT2D eigenvalue weighted by Crippen LogP contribution is 2.16. The van der Waals surface area contributed by atoms with Gasteiger partial charge in [0.15, 0.2) is 5.84 Å². The quantitative estimate of drug-likeness (QED) is 0.374. The molecule has 1 heterocycles. The molecule has 1 aliphatic rings. The molecule has 5 heteroatoms. The van der Waals surface area contributed by atoms with Crippen molar-refractivity contribution in [2.45, 2.75) is 32.6 Å². The Bertz CT molecular complexity index is 452. The van der Waals surface area contributed by atoms with Crippen LogP contribution in [0.2, 0.25) is 0 Å². The molecule has 5 nitrogen and oxygen atoms in total. The van der Waals surface area contributed by atoms with Crippen molar-refractivity contribution in [2.24, 2.45) is 10.9 Å². The molecule has 3 N–H and O–H groups in total. The van der Waals surface area contributed by atoms with Gasteiger partial charge in [-0.15, -0.1) is 0 Å². The van der Waals surface area contributed by atoms with E-state index >= 15 is 0 Å². The molecule has 0 saturated carbocycles. The zero-order valence-corrected chi connectivity index (χ0v) is 11.4. The molecule has 1 aromatic carbocycles. The number of hydrogen-bond donors (Lipinski definition) is 2. The first-order valence-electron chi connectivity index (χ1n) is 6.53. The molecule has 1 fully saturated rings. The number of ether oxygens (including phenoxy) is 1. The van der Waals surface area contributed by atoms with E-state index in [-0.39, 0.29) is 18.0 Å². The summed E-state index contributed by atoms with van der Waals surface area (Å²) in [5.74, 6) is 0.157. The molecule has 0 spiro atoms. The summed E-state index contributed by atoms with van der Waals surface area (Å²) < 4.78 is 5.72. The van der Waals surface area contributed by atoms with Crippen LogP contribution in [0, 0.1) is 0 Å². The SMILES string of the molecule is CC1CN(Cc2ccccc2/C(N)=N/O)CC(C)O1. The fourth-order valence-corrected chi connectivity index (χ4v) is 2.62. The van der Waals surface area contributed by atoms with Gasteiger partial charge in [0.1, 0.15) is 0 Å². The van der Waals surface area contributed by atoms with Gasteiger partial charge in [-0.3, -0.25) is 4.90 Å². The van der Waals surface area contributed by atoms with Crippen LogP contribution in [0.25, 0.3) is 0 Å². The zero-order valence-electron chi connectivity index (χ0n) is 11.4. The van der Waals surface area contributed by atoms with Crippen molar-refractivity contribution in [1.82, 2.24) is 4.90 Å². The second kappa shape index (κ2) is 6.04. The maximum Gasteiger partial charge on any atom is 0.170 e. The van der Waals surface area contributed by atoms with E-state index < -0.39 is 0 Å². The number of benzene rings is 1. The maximum absolute atomic E-state index is 8.83. The minimum Gasteiger partial charge on any atom is -0.409 e. The molecule has 1 aromatic rings. The fourth-order valence-electron chi connectivity index (χ4n) is 2.62. The Kier molecular flexibility index (Phi) is 4.39. The lowest BCUT2D eigenvalue weighted by molar-refractivity contribution is -0.0705. The van der Waals surface area contributed by atoms with Gasteiger partial charge in [0.25, 0.3) is 0 Å². The first-order chi connectivity index (χ1) is 9.10. The van der Waals surface area contributed by atoms with Crippen LogP contribution in [0.15, 0.2) is 29.4 Å². The van der Waals surface area contributed by atoms with Crippen molar-refractivity contribution < 1.29 is 9.94 Å². The summed E-state index contributed by atoms with van der Waals surface area (Å²) in [6.45, 7) is 6.74. The molecule has 2 rings (SSSR count). The van der Waals surface area contributed by atoms with Crippen molar-refractivity contribution in [3.05, 3.63) is 35.4 Å². The highest BCUT2D eigenvalue weighted by molar-refractivity contribution is 5.98. The summed E-state index contributed by atoms with van der Waals surface area (Å²) in [7, 11) is 0. The first kappa shape index (κ1) is 13.8. The summed E-state index contributed by atoms with van der Waals surface area (Å²) in [5, 5.41) is 11.9. The molecule has 104 valence electrons. The summed E-state index contributed by atoms with van der Waals surface area (Å²) in [6, 6.07) is 7.74. The number of morpholine rings is 1. The monoisotopic (exact) mass is 263 g/mol. The first-order valence-corrected chi connectivity index (χ1v) is 6.53. The normalized spacial score (nSPS) is 25.5. The van der Waals surface area contributed by atoms with Crippen LogP contribution in [0.5, 0.6) is 0 Å². The van der Waals surface area contributed by atoms with E-state index in [1.54, 1.807) is 0 Å². The Morgan fingerprint density at radius 3 is 2.63 bits per heavy atom. The summed E-state index contributed by atoms with van der Waals surface area (Å²) in [5.41, 5.74) is 7.57. The Morgan fingerprint density at radius 2 is 2.00 bits per heavy atom. The third-order valence-electron chi connectivity index (χ3n) is 3.29. The average Bonchev–Trinajstić information content (AvgIpc) is 2.37. The Balaban J connectivity index is 2.15. The summed E-state index contributed by atoms with van der Waals surface area (Å²) in [4.78, 5) is 2.34. The number of rotatable bonds is 3. The lowest BCUT2D eigenvalue weighted by Crippen LogP contribution is -2.45. The smallest absolute Gasteiger partial charge is 0.170 e. The van der Waals surface area contributed by atoms with Crippen LogP contribution in [-0.4, -0.2) is 41.2 Å². The molecule has 2 atom stereocenters. The van der Waals surface area contributed by atoms with Gasteiger partial charge in [-0.2, -0.15) is 0 Å². The standard InChI is InChI=1S/C14H21N3O2/c1-10-7-17(8-11(2)19-10)9-12-5-3-4-6-13(12)14(15)16-18/h3-6,10-11,18H,7-9H2,1-2H3,(H2,15,16). The molecule has 0 bridgehead atoms. The Hall–Kier alpha value is -1.59.